The third-order valence-corrected chi connectivity index (χ3v) is 1.55. The van der Waals surface area contributed by atoms with Crippen molar-refractivity contribution in [3.05, 3.63) is 0 Å². The van der Waals surface area contributed by atoms with Crippen LogP contribution in [0, 0.1) is 0 Å². The molecule has 0 N–H and O–H groups in total. The standard InChI is InChI=1S/C7H16O4P/c1-4-9-7(3,10-5-2)6-11-12-8/h12H,4-6H2,1-3H3/q+1. The maximum absolute atomic E-state index is 10.1. The van der Waals surface area contributed by atoms with Gasteiger partial charge in [-0.15, -0.1) is 4.52 Å². The monoisotopic (exact) mass is 195 g/mol. The fraction of sp³-hybridized carbons (Fsp3) is 1.00. The summed E-state index contributed by atoms with van der Waals surface area (Å²) in [6.45, 7) is 6.79. The first-order valence-electron chi connectivity index (χ1n) is 3.95. The predicted molar refractivity (Wildman–Crippen MR) is 46.6 cm³/mol. The zero-order chi connectivity index (χ0) is 9.45. The summed E-state index contributed by atoms with van der Waals surface area (Å²) in [5, 5.41) is 0. The maximum atomic E-state index is 10.1. The quantitative estimate of drug-likeness (QED) is 0.458. The van der Waals surface area contributed by atoms with Gasteiger partial charge in [0.05, 0.1) is 0 Å². The predicted octanol–water partition coefficient (Wildman–Crippen LogP) is 1.73. The van der Waals surface area contributed by atoms with Gasteiger partial charge in [0.15, 0.2) is 12.4 Å². The lowest BCUT2D eigenvalue weighted by molar-refractivity contribution is -0.233. The first-order chi connectivity index (χ1) is 5.68. The van der Waals surface area contributed by atoms with Crippen LogP contribution in [0.2, 0.25) is 0 Å². The van der Waals surface area contributed by atoms with Gasteiger partial charge in [-0.25, -0.2) is 0 Å². The highest BCUT2D eigenvalue weighted by molar-refractivity contribution is 7.17. The average molecular weight is 195 g/mol. The van der Waals surface area contributed by atoms with Crippen LogP contribution in [0.15, 0.2) is 0 Å². The van der Waals surface area contributed by atoms with E-state index in [0.717, 1.165) is 0 Å². The summed E-state index contributed by atoms with van der Waals surface area (Å²) in [7, 11) is -0.770. The van der Waals surface area contributed by atoms with Gasteiger partial charge in [-0.3, -0.25) is 0 Å². The molecule has 12 heavy (non-hydrogen) atoms. The minimum absolute atomic E-state index is 0.191. The largest absolute Gasteiger partial charge is 0.494 e. The van der Waals surface area contributed by atoms with E-state index >= 15 is 0 Å². The lowest BCUT2D eigenvalue weighted by Crippen LogP contribution is -2.36. The van der Waals surface area contributed by atoms with Crippen molar-refractivity contribution in [1.29, 1.82) is 0 Å². The van der Waals surface area contributed by atoms with E-state index in [9.17, 15) is 4.57 Å². The summed E-state index contributed by atoms with van der Waals surface area (Å²) < 4.78 is 25.4. The molecule has 0 aliphatic rings. The van der Waals surface area contributed by atoms with Crippen LogP contribution >= 0.6 is 8.69 Å². The van der Waals surface area contributed by atoms with Gasteiger partial charge in [-0.2, -0.15) is 0 Å². The molecule has 4 nitrogen and oxygen atoms in total. The molecule has 1 unspecified atom stereocenters. The van der Waals surface area contributed by atoms with Crippen molar-refractivity contribution in [2.75, 3.05) is 19.8 Å². The van der Waals surface area contributed by atoms with Crippen LogP contribution in [0.25, 0.3) is 0 Å². The molecule has 0 saturated carbocycles. The van der Waals surface area contributed by atoms with Crippen LogP contribution in [0.4, 0.5) is 0 Å². The summed E-state index contributed by atoms with van der Waals surface area (Å²) in [5.41, 5.74) is 0. The average Bonchev–Trinajstić information content (AvgIpc) is 2.02. The molecule has 0 rings (SSSR count). The van der Waals surface area contributed by atoms with E-state index in [-0.39, 0.29) is 6.61 Å². The SMILES string of the molecule is CCOC(C)(CO[PH+]=O)OCC. The minimum atomic E-state index is -0.770. The van der Waals surface area contributed by atoms with Crippen molar-refractivity contribution in [3.63, 3.8) is 0 Å². The minimum Gasteiger partial charge on any atom is -0.348 e. The molecule has 0 aliphatic carbocycles. The van der Waals surface area contributed by atoms with E-state index in [1.54, 1.807) is 6.92 Å². The Hall–Kier alpha value is -0.0200. The summed E-state index contributed by atoms with van der Waals surface area (Å²) >= 11 is 0. The molecular weight excluding hydrogens is 179 g/mol. The van der Waals surface area contributed by atoms with Crippen LogP contribution in [0.1, 0.15) is 20.8 Å². The van der Waals surface area contributed by atoms with Crippen molar-refractivity contribution in [2.24, 2.45) is 0 Å². The molecule has 5 heteroatoms. The van der Waals surface area contributed by atoms with Gasteiger partial charge >= 0.3 is 8.69 Å². The van der Waals surface area contributed by atoms with E-state index in [1.807, 2.05) is 13.8 Å². The normalized spacial score (nSPS) is 12.2. The molecule has 0 aromatic carbocycles. The third kappa shape index (κ3) is 4.78. The molecule has 0 amide bonds. The van der Waals surface area contributed by atoms with Crippen molar-refractivity contribution in [3.8, 4) is 0 Å². The van der Waals surface area contributed by atoms with Gasteiger partial charge in [0, 0.05) is 13.2 Å². The first-order valence-corrected chi connectivity index (χ1v) is 4.77. The van der Waals surface area contributed by atoms with Gasteiger partial charge < -0.3 is 9.47 Å². The zero-order valence-electron chi connectivity index (χ0n) is 7.75. The Labute approximate surface area is 74.5 Å². The van der Waals surface area contributed by atoms with Crippen molar-refractivity contribution < 1.29 is 18.6 Å². The van der Waals surface area contributed by atoms with Crippen molar-refractivity contribution in [1.82, 2.24) is 0 Å². The maximum Gasteiger partial charge on any atom is 0.494 e. The van der Waals surface area contributed by atoms with Crippen LogP contribution in [0.3, 0.4) is 0 Å². The van der Waals surface area contributed by atoms with Gasteiger partial charge in [-0.05, 0) is 25.3 Å². The Morgan fingerprint density at radius 1 is 1.25 bits per heavy atom. The zero-order valence-corrected chi connectivity index (χ0v) is 8.75. The smallest absolute Gasteiger partial charge is 0.348 e. The van der Waals surface area contributed by atoms with E-state index in [0.29, 0.717) is 13.2 Å². The van der Waals surface area contributed by atoms with E-state index < -0.39 is 14.5 Å². The fourth-order valence-electron chi connectivity index (χ4n) is 0.896. The van der Waals surface area contributed by atoms with Crippen LogP contribution in [0.5, 0.6) is 0 Å². The lowest BCUT2D eigenvalue weighted by atomic mass is 10.3. The van der Waals surface area contributed by atoms with Crippen LogP contribution < -0.4 is 0 Å². The molecular formula is C7H16O4P+. The fourth-order valence-corrected chi connectivity index (χ4v) is 1.22. The highest BCUT2D eigenvalue weighted by Crippen LogP contribution is 2.15. The number of hydrogen-bond acceptors (Lipinski definition) is 4. The summed E-state index contributed by atoms with van der Waals surface area (Å²) in [6.07, 6.45) is 0. The van der Waals surface area contributed by atoms with Crippen molar-refractivity contribution >= 4 is 8.69 Å². The third-order valence-electron chi connectivity index (χ3n) is 1.29. The molecule has 0 bridgehead atoms. The van der Waals surface area contributed by atoms with Crippen molar-refractivity contribution in [2.45, 2.75) is 26.6 Å². The molecule has 0 aromatic heterocycles. The van der Waals surface area contributed by atoms with E-state index in [4.69, 9.17) is 14.0 Å². The Balaban J connectivity index is 3.88. The van der Waals surface area contributed by atoms with E-state index in [1.165, 1.54) is 0 Å². The van der Waals surface area contributed by atoms with Gasteiger partial charge in [0.25, 0.3) is 0 Å². The molecule has 0 heterocycles. The Morgan fingerprint density at radius 3 is 2.08 bits per heavy atom. The second-order valence-electron chi connectivity index (χ2n) is 2.37. The second-order valence-corrected chi connectivity index (χ2v) is 2.83. The molecule has 0 spiro atoms. The molecule has 0 aliphatic heterocycles. The molecule has 0 aromatic rings. The molecule has 0 fully saturated rings. The second kappa shape index (κ2) is 6.49. The molecule has 1 atom stereocenters. The highest BCUT2D eigenvalue weighted by atomic mass is 31.1. The molecule has 0 radical (unpaired) electrons. The number of hydrogen-bond donors (Lipinski definition) is 0. The Kier molecular flexibility index (Phi) is 6.48. The van der Waals surface area contributed by atoms with Gasteiger partial charge in [-0.1, -0.05) is 0 Å². The van der Waals surface area contributed by atoms with Crippen LogP contribution in [-0.2, 0) is 18.6 Å². The first kappa shape index (κ1) is 12.0. The summed E-state index contributed by atoms with van der Waals surface area (Å²) in [4.78, 5) is 0. The highest BCUT2D eigenvalue weighted by Gasteiger charge is 2.27. The summed E-state index contributed by atoms with van der Waals surface area (Å²) in [6, 6.07) is 0. The van der Waals surface area contributed by atoms with Gasteiger partial charge in [0.1, 0.15) is 0 Å². The molecule has 72 valence electrons. The number of ether oxygens (including phenoxy) is 2. The van der Waals surface area contributed by atoms with Crippen LogP contribution in [-0.4, -0.2) is 25.6 Å². The summed E-state index contributed by atoms with van der Waals surface area (Å²) in [5.74, 6) is -0.763. The lowest BCUT2D eigenvalue weighted by Gasteiger charge is -2.26. The molecule has 0 saturated heterocycles. The Bertz CT molecular complexity index is 123. The number of rotatable bonds is 7. The van der Waals surface area contributed by atoms with Gasteiger partial charge in [0.2, 0.25) is 0 Å². The topological polar surface area (TPSA) is 44.8 Å². The Morgan fingerprint density at radius 2 is 1.75 bits per heavy atom. The van der Waals surface area contributed by atoms with E-state index in [2.05, 4.69) is 0 Å².